The van der Waals surface area contributed by atoms with Crippen molar-refractivity contribution in [3.05, 3.63) is 78.3 Å². The summed E-state index contributed by atoms with van der Waals surface area (Å²) in [5, 5.41) is 18.0. The van der Waals surface area contributed by atoms with Gasteiger partial charge in [0.05, 0.1) is 11.6 Å². The van der Waals surface area contributed by atoms with Crippen molar-refractivity contribution in [1.82, 2.24) is 19.9 Å². The third-order valence-corrected chi connectivity index (χ3v) is 6.14. The van der Waals surface area contributed by atoms with Crippen molar-refractivity contribution in [1.29, 1.82) is 0 Å². The van der Waals surface area contributed by atoms with Gasteiger partial charge in [-0.2, -0.15) is 5.10 Å². The molecule has 7 heteroatoms. The van der Waals surface area contributed by atoms with E-state index in [1.54, 1.807) is 23.0 Å². The second-order valence-corrected chi connectivity index (χ2v) is 8.34. The Bertz CT molecular complexity index is 1230. The molecule has 0 aliphatic heterocycles. The molecule has 1 aliphatic carbocycles. The molecule has 1 saturated carbocycles. The normalized spacial score (nSPS) is 18.8. The molecule has 5 rings (SSSR count). The smallest absolute Gasteiger partial charge is 0.159 e. The Kier molecular flexibility index (Phi) is 5.68. The van der Waals surface area contributed by atoms with Crippen LogP contribution in [0.15, 0.2) is 61.1 Å². The van der Waals surface area contributed by atoms with Crippen LogP contribution >= 0.6 is 0 Å². The number of pyridine rings is 2. The van der Waals surface area contributed by atoms with Crippen molar-refractivity contribution in [3.8, 4) is 22.4 Å². The van der Waals surface area contributed by atoms with Crippen LogP contribution in [0.2, 0.25) is 0 Å². The van der Waals surface area contributed by atoms with Crippen molar-refractivity contribution in [2.75, 3.05) is 0 Å². The zero-order chi connectivity index (χ0) is 22.1. The molecule has 5 nitrogen and oxygen atoms in total. The Hall–Kier alpha value is -3.16. The summed E-state index contributed by atoms with van der Waals surface area (Å²) < 4.78 is 29.3. The van der Waals surface area contributed by atoms with Crippen LogP contribution in [0, 0.1) is 11.6 Å². The van der Waals surface area contributed by atoms with Gasteiger partial charge in [0, 0.05) is 42.3 Å². The van der Waals surface area contributed by atoms with Gasteiger partial charge in [0.15, 0.2) is 11.6 Å². The number of fused-ring (bicyclic) bond motifs is 1. The molecule has 32 heavy (non-hydrogen) atoms. The lowest BCUT2D eigenvalue weighted by atomic mass is 9.93. The fourth-order valence-electron chi connectivity index (χ4n) is 4.39. The van der Waals surface area contributed by atoms with Gasteiger partial charge in [-0.15, -0.1) is 0 Å². The summed E-state index contributed by atoms with van der Waals surface area (Å²) in [5.41, 5.74) is 4.80. The summed E-state index contributed by atoms with van der Waals surface area (Å²) >= 11 is 0. The van der Waals surface area contributed by atoms with Crippen LogP contribution in [0.5, 0.6) is 0 Å². The maximum Gasteiger partial charge on any atom is 0.159 e. The SMILES string of the molecule is OC1CCC(NCc2ccc3c(-c4ccncc4)c(-c4ccc(F)c(F)c4)nn3c2)CC1. The quantitative estimate of drug-likeness (QED) is 0.477. The fraction of sp³-hybridized carbons (Fsp3) is 0.280. The number of aromatic nitrogens is 3. The van der Waals surface area contributed by atoms with Crippen molar-refractivity contribution < 1.29 is 13.9 Å². The molecule has 0 radical (unpaired) electrons. The second-order valence-electron chi connectivity index (χ2n) is 8.34. The van der Waals surface area contributed by atoms with E-state index in [0.29, 0.717) is 23.8 Å². The number of aliphatic hydroxyl groups is 1. The monoisotopic (exact) mass is 434 g/mol. The number of hydrogen-bond acceptors (Lipinski definition) is 4. The van der Waals surface area contributed by atoms with E-state index in [0.717, 1.165) is 54.0 Å². The van der Waals surface area contributed by atoms with E-state index in [4.69, 9.17) is 5.10 Å². The largest absolute Gasteiger partial charge is 0.393 e. The molecule has 0 amide bonds. The minimum absolute atomic E-state index is 0.171. The molecule has 0 spiro atoms. The van der Waals surface area contributed by atoms with Gasteiger partial charge < -0.3 is 10.4 Å². The molecular weight excluding hydrogens is 410 g/mol. The van der Waals surface area contributed by atoms with Crippen molar-refractivity contribution in [2.24, 2.45) is 0 Å². The fourth-order valence-corrected chi connectivity index (χ4v) is 4.39. The molecule has 3 heterocycles. The predicted octanol–water partition coefficient (Wildman–Crippen LogP) is 4.73. The lowest BCUT2D eigenvalue weighted by molar-refractivity contribution is 0.116. The number of aliphatic hydroxyl groups excluding tert-OH is 1. The number of benzene rings is 1. The van der Waals surface area contributed by atoms with Gasteiger partial charge in [0.25, 0.3) is 0 Å². The highest BCUT2D eigenvalue weighted by molar-refractivity contribution is 5.92. The number of halogens is 2. The highest BCUT2D eigenvalue weighted by Crippen LogP contribution is 2.35. The van der Waals surface area contributed by atoms with Crippen LogP contribution < -0.4 is 5.32 Å². The van der Waals surface area contributed by atoms with Crippen molar-refractivity contribution in [2.45, 2.75) is 44.4 Å². The Labute approximate surface area is 184 Å². The summed E-state index contributed by atoms with van der Waals surface area (Å²) in [5.74, 6) is -1.78. The van der Waals surface area contributed by atoms with Crippen LogP contribution in [0.1, 0.15) is 31.2 Å². The Morgan fingerprint density at radius 1 is 0.938 bits per heavy atom. The van der Waals surface area contributed by atoms with Gasteiger partial charge in [-0.1, -0.05) is 6.07 Å². The lowest BCUT2D eigenvalue weighted by Crippen LogP contribution is -2.34. The number of nitrogens with one attached hydrogen (secondary N) is 1. The summed E-state index contributed by atoms with van der Waals surface area (Å²) in [6.45, 7) is 0.696. The predicted molar refractivity (Wildman–Crippen MR) is 119 cm³/mol. The van der Waals surface area contributed by atoms with Crippen LogP contribution in [-0.4, -0.2) is 31.9 Å². The van der Waals surface area contributed by atoms with Gasteiger partial charge in [-0.05, 0) is 73.2 Å². The Morgan fingerprint density at radius 3 is 2.47 bits per heavy atom. The molecule has 0 atom stereocenters. The van der Waals surface area contributed by atoms with E-state index >= 15 is 0 Å². The highest BCUT2D eigenvalue weighted by atomic mass is 19.2. The minimum Gasteiger partial charge on any atom is -0.393 e. The Balaban J connectivity index is 1.51. The topological polar surface area (TPSA) is 62.5 Å². The van der Waals surface area contributed by atoms with E-state index in [2.05, 4.69) is 16.4 Å². The molecule has 0 saturated heterocycles. The first kappa shape index (κ1) is 20.7. The maximum absolute atomic E-state index is 14.0. The van der Waals surface area contributed by atoms with Gasteiger partial charge >= 0.3 is 0 Å². The standard InChI is InChI=1S/C25H24F2N4O/c26-21-7-2-18(13-22(21)27)25-24(17-9-11-28-12-10-17)23-8-1-16(15-31(23)30-25)14-29-19-3-5-20(32)6-4-19/h1-2,7-13,15,19-20,29,32H,3-6,14H2. The van der Waals surface area contributed by atoms with E-state index in [1.165, 1.54) is 6.07 Å². The van der Waals surface area contributed by atoms with E-state index in [-0.39, 0.29) is 6.10 Å². The molecule has 1 aliphatic rings. The molecule has 0 unspecified atom stereocenters. The molecule has 1 aromatic carbocycles. The summed E-state index contributed by atoms with van der Waals surface area (Å²) in [7, 11) is 0. The first-order valence-electron chi connectivity index (χ1n) is 10.9. The average molecular weight is 434 g/mol. The molecule has 2 N–H and O–H groups in total. The maximum atomic E-state index is 14.0. The summed E-state index contributed by atoms with van der Waals surface area (Å²) in [6, 6.07) is 12.1. The van der Waals surface area contributed by atoms with Crippen LogP contribution in [0.3, 0.4) is 0 Å². The van der Waals surface area contributed by atoms with E-state index in [1.807, 2.05) is 24.4 Å². The zero-order valence-corrected chi connectivity index (χ0v) is 17.5. The second kappa shape index (κ2) is 8.76. The van der Waals surface area contributed by atoms with Crippen LogP contribution in [0.4, 0.5) is 8.78 Å². The van der Waals surface area contributed by atoms with Gasteiger partial charge in [0.2, 0.25) is 0 Å². The van der Waals surface area contributed by atoms with E-state index in [9.17, 15) is 13.9 Å². The minimum atomic E-state index is -0.900. The van der Waals surface area contributed by atoms with Gasteiger partial charge in [0.1, 0.15) is 5.69 Å². The first-order chi connectivity index (χ1) is 15.6. The zero-order valence-electron chi connectivity index (χ0n) is 17.5. The molecule has 4 aromatic rings. The third kappa shape index (κ3) is 4.13. The van der Waals surface area contributed by atoms with Gasteiger partial charge in [-0.25, -0.2) is 13.3 Å². The summed E-state index contributed by atoms with van der Waals surface area (Å²) in [6.07, 6.45) is 8.81. The van der Waals surface area contributed by atoms with Crippen LogP contribution in [-0.2, 0) is 6.54 Å². The Morgan fingerprint density at radius 2 is 1.72 bits per heavy atom. The van der Waals surface area contributed by atoms with Crippen molar-refractivity contribution >= 4 is 5.52 Å². The number of hydrogen-bond donors (Lipinski definition) is 2. The molecule has 0 bridgehead atoms. The number of nitrogens with zero attached hydrogens (tertiary/aromatic N) is 3. The average Bonchev–Trinajstić information content (AvgIpc) is 3.20. The van der Waals surface area contributed by atoms with Gasteiger partial charge in [-0.3, -0.25) is 4.98 Å². The van der Waals surface area contributed by atoms with Crippen LogP contribution in [0.25, 0.3) is 27.9 Å². The number of rotatable bonds is 5. The van der Waals surface area contributed by atoms with E-state index < -0.39 is 11.6 Å². The molecular formula is C25H24F2N4O. The molecule has 1 fully saturated rings. The molecule has 164 valence electrons. The third-order valence-electron chi connectivity index (χ3n) is 6.14. The highest BCUT2D eigenvalue weighted by Gasteiger charge is 2.20. The lowest BCUT2D eigenvalue weighted by Gasteiger charge is -2.26. The summed E-state index contributed by atoms with van der Waals surface area (Å²) in [4.78, 5) is 4.09. The van der Waals surface area contributed by atoms with Crippen molar-refractivity contribution in [3.63, 3.8) is 0 Å². The molecule has 3 aromatic heterocycles. The first-order valence-corrected chi connectivity index (χ1v) is 10.9.